The minimum atomic E-state index is -0.191. The molecule has 0 N–H and O–H groups in total. The SMILES string of the molecule is C=C(OC)C(CCc1ccc(F)cc1)C(=C)C1CC1. The standard InChI is InChI=1S/C17H21FO/c1-12(15-7-8-15)17(13(2)19-3)11-6-14-4-9-16(18)10-5-14/h4-5,9-10,15,17H,1-2,6-8,11H2,3H3. The van der Waals surface area contributed by atoms with E-state index in [1.54, 1.807) is 7.11 Å². The third-order valence-corrected chi connectivity index (χ3v) is 3.84. The first-order valence-electron chi connectivity index (χ1n) is 6.77. The van der Waals surface area contributed by atoms with E-state index >= 15 is 0 Å². The second-order valence-electron chi connectivity index (χ2n) is 5.24. The van der Waals surface area contributed by atoms with Gasteiger partial charge in [-0.25, -0.2) is 4.39 Å². The Kier molecular flexibility index (Phi) is 4.41. The van der Waals surface area contributed by atoms with Crippen LogP contribution >= 0.6 is 0 Å². The molecule has 1 unspecified atom stereocenters. The quantitative estimate of drug-likeness (QED) is 0.518. The Bertz CT molecular complexity index is 457. The summed E-state index contributed by atoms with van der Waals surface area (Å²) in [4.78, 5) is 0. The second kappa shape index (κ2) is 6.05. The Hall–Kier alpha value is -1.57. The van der Waals surface area contributed by atoms with Crippen LogP contribution in [-0.2, 0) is 11.2 Å². The molecule has 0 spiro atoms. The molecule has 19 heavy (non-hydrogen) atoms. The number of allylic oxidation sites excluding steroid dienone is 1. The summed E-state index contributed by atoms with van der Waals surface area (Å²) in [5, 5.41) is 0. The summed E-state index contributed by atoms with van der Waals surface area (Å²) >= 11 is 0. The molecule has 0 aliphatic heterocycles. The lowest BCUT2D eigenvalue weighted by molar-refractivity contribution is 0.248. The van der Waals surface area contributed by atoms with Crippen LogP contribution in [0.4, 0.5) is 4.39 Å². The van der Waals surface area contributed by atoms with Crippen LogP contribution < -0.4 is 0 Å². The third-order valence-electron chi connectivity index (χ3n) is 3.84. The van der Waals surface area contributed by atoms with Gasteiger partial charge in [0.1, 0.15) is 5.82 Å². The molecule has 0 heterocycles. The van der Waals surface area contributed by atoms with Gasteiger partial charge in [-0.05, 0) is 49.3 Å². The molecular weight excluding hydrogens is 239 g/mol. The van der Waals surface area contributed by atoms with E-state index in [0.29, 0.717) is 5.92 Å². The molecule has 2 rings (SSSR count). The number of aryl methyl sites for hydroxylation is 1. The third kappa shape index (κ3) is 3.69. The highest BCUT2D eigenvalue weighted by atomic mass is 19.1. The number of halogens is 1. The summed E-state index contributed by atoms with van der Waals surface area (Å²) in [5.41, 5.74) is 2.38. The zero-order valence-corrected chi connectivity index (χ0v) is 11.5. The van der Waals surface area contributed by atoms with Crippen LogP contribution in [0.5, 0.6) is 0 Å². The molecule has 1 saturated carbocycles. The average molecular weight is 260 g/mol. The lowest BCUT2D eigenvalue weighted by Crippen LogP contribution is -2.11. The van der Waals surface area contributed by atoms with Crippen molar-refractivity contribution in [3.05, 3.63) is 60.1 Å². The van der Waals surface area contributed by atoms with Crippen LogP contribution in [0.3, 0.4) is 0 Å². The van der Waals surface area contributed by atoms with Crippen LogP contribution in [-0.4, -0.2) is 7.11 Å². The van der Waals surface area contributed by atoms with E-state index in [4.69, 9.17) is 4.74 Å². The van der Waals surface area contributed by atoms with Gasteiger partial charge in [0.25, 0.3) is 0 Å². The molecule has 102 valence electrons. The summed E-state index contributed by atoms with van der Waals surface area (Å²) in [6.45, 7) is 8.20. The van der Waals surface area contributed by atoms with E-state index < -0.39 is 0 Å². The van der Waals surface area contributed by atoms with Crippen LogP contribution in [0, 0.1) is 17.7 Å². The molecule has 1 atom stereocenters. The molecular formula is C17H21FO. The maximum Gasteiger partial charge on any atom is 0.123 e. The summed E-state index contributed by atoms with van der Waals surface area (Å²) in [6, 6.07) is 6.68. The van der Waals surface area contributed by atoms with Crippen molar-refractivity contribution < 1.29 is 9.13 Å². The smallest absolute Gasteiger partial charge is 0.123 e. The van der Waals surface area contributed by atoms with Gasteiger partial charge < -0.3 is 4.74 Å². The van der Waals surface area contributed by atoms with Gasteiger partial charge in [0.2, 0.25) is 0 Å². The van der Waals surface area contributed by atoms with Crippen LogP contribution in [0.25, 0.3) is 0 Å². The fourth-order valence-corrected chi connectivity index (χ4v) is 2.40. The van der Waals surface area contributed by atoms with Gasteiger partial charge in [-0.2, -0.15) is 0 Å². The van der Waals surface area contributed by atoms with Crippen molar-refractivity contribution in [2.24, 2.45) is 11.8 Å². The lowest BCUT2D eigenvalue weighted by Gasteiger charge is -2.21. The second-order valence-corrected chi connectivity index (χ2v) is 5.24. The average Bonchev–Trinajstić information content (AvgIpc) is 3.24. The van der Waals surface area contributed by atoms with Gasteiger partial charge >= 0.3 is 0 Å². The van der Waals surface area contributed by atoms with Crippen molar-refractivity contribution in [2.45, 2.75) is 25.7 Å². The maximum atomic E-state index is 12.9. The fourth-order valence-electron chi connectivity index (χ4n) is 2.40. The Balaban J connectivity index is 1.97. The first-order valence-corrected chi connectivity index (χ1v) is 6.77. The van der Waals surface area contributed by atoms with Gasteiger partial charge in [-0.15, -0.1) is 0 Å². The fraction of sp³-hybridized carbons (Fsp3) is 0.412. The van der Waals surface area contributed by atoms with E-state index in [9.17, 15) is 4.39 Å². The van der Waals surface area contributed by atoms with E-state index in [0.717, 1.165) is 24.2 Å². The summed E-state index contributed by atoms with van der Waals surface area (Å²) in [6.07, 6.45) is 4.29. The molecule has 0 amide bonds. The summed E-state index contributed by atoms with van der Waals surface area (Å²) in [7, 11) is 1.66. The molecule has 1 aromatic rings. The first-order chi connectivity index (χ1) is 9.11. The predicted molar refractivity (Wildman–Crippen MR) is 76.2 cm³/mol. The highest BCUT2D eigenvalue weighted by Gasteiger charge is 2.31. The number of ether oxygens (including phenoxy) is 1. The topological polar surface area (TPSA) is 9.23 Å². The zero-order valence-electron chi connectivity index (χ0n) is 11.5. The Labute approximate surface area is 114 Å². The Morgan fingerprint density at radius 2 is 1.95 bits per heavy atom. The van der Waals surface area contributed by atoms with E-state index in [-0.39, 0.29) is 11.7 Å². The molecule has 1 aliphatic rings. The molecule has 0 radical (unpaired) electrons. The van der Waals surface area contributed by atoms with Crippen molar-refractivity contribution in [1.29, 1.82) is 0 Å². The van der Waals surface area contributed by atoms with Crippen molar-refractivity contribution in [3.63, 3.8) is 0 Å². The zero-order chi connectivity index (χ0) is 13.8. The van der Waals surface area contributed by atoms with Crippen LogP contribution in [0.15, 0.2) is 48.8 Å². The number of hydrogen-bond donors (Lipinski definition) is 0. The predicted octanol–water partition coefficient (Wildman–Crippen LogP) is 4.50. The Morgan fingerprint density at radius 3 is 2.47 bits per heavy atom. The van der Waals surface area contributed by atoms with Gasteiger partial charge in [0.05, 0.1) is 12.9 Å². The molecule has 1 fully saturated rings. The molecule has 0 bridgehead atoms. The highest BCUT2D eigenvalue weighted by Crippen LogP contribution is 2.42. The minimum Gasteiger partial charge on any atom is -0.501 e. The van der Waals surface area contributed by atoms with E-state index in [2.05, 4.69) is 13.2 Å². The van der Waals surface area contributed by atoms with Gasteiger partial charge in [-0.3, -0.25) is 0 Å². The minimum absolute atomic E-state index is 0.191. The van der Waals surface area contributed by atoms with Gasteiger partial charge in [-0.1, -0.05) is 30.9 Å². The maximum absolute atomic E-state index is 12.9. The number of hydrogen-bond acceptors (Lipinski definition) is 1. The van der Waals surface area contributed by atoms with Crippen molar-refractivity contribution in [3.8, 4) is 0 Å². The van der Waals surface area contributed by atoms with Crippen molar-refractivity contribution >= 4 is 0 Å². The van der Waals surface area contributed by atoms with E-state index in [1.807, 2.05) is 12.1 Å². The highest BCUT2D eigenvalue weighted by molar-refractivity contribution is 5.21. The summed E-state index contributed by atoms with van der Waals surface area (Å²) in [5.74, 6) is 1.45. The number of methoxy groups -OCH3 is 1. The van der Waals surface area contributed by atoms with Crippen molar-refractivity contribution in [1.82, 2.24) is 0 Å². The van der Waals surface area contributed by atoms with Crippen molar-refractivity contribution in [2.75, 3.05) is 7.11 Å². The number of rotatable bonds is 7. The van der Waals surface area contributed by atoms with Crippen LogP contribution in [0.2, 0.25) is 0 Å². The number of benzene rings is 1. The largest absolute Gasteiger partial charge is 0.501 e. The monoisotopic (exact) mass is 260 g/mol. The lowest BCUT2D eigenvalue weighted by atomic mass is 9.89. The molecule has 1 aliphatic carbocycles. The molecule has 0 saturated heterocycles. The van der Waals surface area contributed by atoms with Gasteiger partial charge in [0, 0.05) is 5.92 Å². The molecule has 2 heteroatoms. The van der Waals surface area contributed by atoms with E-state index in [1.165, 1.54) is 30.5 Å². The summed E-state index contributed by atoms with van der Waals surface area (Å²) < 4.78 is 18.2. The molecule has 0 aromatic heterocycles. The normalized spacial score (nSPS) is 15.9. The van der Waals surface area contributed by atoms with Crippen LogP contribution in [0.1, 0.15) is 24.8 Å². The molecule has 1 nitrogen and oxygen atoms in total. The Morgan fingerprint density at radius 1 is 1.32 bits per heavy atom. The molecule has 1 aromatic carbocycles. The first kappa shape index (κ1) is 13.9. The van der Waals surface area contributed by atoms with Gasteiger partial charge in [0.15, 0.2) is 0 Å².